The number of aryl methyl sites for hydroxylation is 1. The maximum Gasteiger partial charge on any atom is 0.422 e. The SMILES string of the molecule is CC=CCCc1ccc(-c2ccc(OCC(F)(F)F)c(F)c2)cc1. The lowest BCUT2D eigenvalue weighted by atomic mass is 10.0. The summed E-state index contributed by atoms with van der Waals surface area (Å²) >= 11 is 0. The normalized spacial score (nSPS) is 11.9. The molecule has 2 rings (SSSR count). The fourth-order valence-corrected chi connectivity index (χ4v) is 2.24. The zero-order valence-electron chi connectivity index (χ0n) is 13.2. The van der Waals surface area contributed by atoms with E-state index in [-0.39, 0.29) is 0 Å². The van der Waals surface area contributed by atoms with Crippen molar-refractivity contribution < 1.29 is 22.3 Å². The molecule has 0 saturated heterocycles. The minimum absolute atomic E-state index is 0.404. The van der Waals surface area contributed by atoms with Crippen LogP contribution >= 0.6 is 0 Å². The predicted molar refractivity (Wildman–Crippen MR) is 86.5 cm³/mol. The van der Waals surface area contributed by atoms with Crippen LogP contribution in [0.2, 0.25) is 0 Å². The fraction of sp³-hybridized carbons (Fsp3) is 0.263. The first-order chi connectivity index (χ1) is 11.4. The van der Waals surface area contributed by atoms with E-state index in [4.69, 9.17) is 0 Å². The molecule has 0 unspecified atom stereocenters. The van der Waals surface area contributed by atoms with Crippen LogP contribution in [0.1, 0.15) is 18.9 Å². The van der Waals surface area contributed by atoms with Gasteiger partial charge < -0.3 is 4.74 Å². The molecule has 0 fully saturated rings. The third kappa shape index (κ3) is 5.41. The lowest BCUT2D eigenvalue weighted by Gasteiger charge is -2.11. The number of alkyl halides is 3. The Labute approximate surface area is 138 Å². The minimum atomic E-state index is -4.49. The molecule has 0 N–H and O–H groups in total. The second-order valence-corrected chi connectivity index (χ2v) is 5.35. The van der Waals surface area contributed by atoms with E-state index in [1.54, 1.807) is 6.07 Å². The van der Waals surface area contributed by atoms with Crippen molar-refractivity contribution in [3.63, 3.8) is 0 Å². The molecule has 0 saturated carbocycles. The Hall–Kier alpha value is -2.30. The Balaban J connectivity index is 2.08. The van der Waals surface area contributed by atoms with E-state index in [2.05, 4.69) is 10.8 Å². The van der Waals surface area contributed by atoms with Gasteiger partial charge in [0.15, 0.2) is 18.2 Å². The van der Waals surface area contributed by atoms with Gasteiger partial charge in [0.1, 0.15) is 0 Å². The van der Waals surface area contributed by atoms with Crippen LogP contribution in [0, 0.1) is 5.82 Å². The smallest absolute Gasteiger partial charge is 0.422 e. The van der Waals surface area contributed by atoms with Crippen LogP contribution in [0.3, 0.4) is 0 Å². The highest BCUT2D eigenvalue weighted by Gasteiger charge is 2.28. The molecule has 0 atom stereocenters. The molecule has 0 aliphatic carbocycles. The number of ether oxygens (including phenoxy) is 1. The number of hydrogen-bond donors (Lipinski definition) is 0. The first kappa shape index (κ1) is 18.0. The third-order valence-corrected chi connectivity index (χ3v) is 3.45. The molecule has 128 valence electrons. The summed E-state index contributed by atoms with van der Waals surface area (Å²) in [6, 6.07) is 11.6. The van der Waals surface area contributed by atoms with Crippen molar-refractivity contribution in [2.45, 2.75) is 25.9 Å². The fourth-order valence-electron chi connectivity index (χ4n) is 2.24. The molecule has 0 heterocycles. The molecular formula is C19H18F4O. The van der Waals surface area contributed by atoms with Crippen molar-refractivity contribution in [2.24, 2.45) is 0 Å². The highest BCUT2D eigenvalue weighted by atomic mass is 19.4. The Kier molecular flexibility index (Phi) is 6.01. The second-order valence-electron chi connectivity index (χ2n) is 5.35. The summed E-state index contributed by atoms with van der Waals surface area (Å²) in [6.45, 7) is 0.462. The molecule has 0 aliphatic rings. The molecule has 0 bridgehead atoms. The van der Waals surface area contributed by atoms with Gasteiger partial charge >= 0.3 is 6.18 Å². The van der Waals surface area contributed by atoms with Gasteiger partial charge in [0.2, 0.25) is 0 Å². The van der Waals surface area contributed by atoms with Crippen molar-refractivity contribution in [3.8, 4) is 16.9 Å². The van der Waals surface area contributed by atoms with Crippen molar-refractivity contribution in [1.82, 2.24) is 0 Å². The molecule has 5 heteroatoms. The topological polar surface area (TPSA) is 9.23 Å². The van der Waals surface area contributed by atoms with Gasteiger partial charge in [0.25, 0.3) is 0 Å². The number of allylic oxidation sites excluding steroid dienone is 2. The van der Waals surface area contributed by atoms with E-state index in [9.17, 15) is 17.6 Å². The predicted octanol–water partition coefficient (Wildman–Crippen LogP) is 5.94. The van der Waals surface area contributed by atoms with Crippen LogP contribution in [-0.2, 0) is 6.42 Å². The number of rotatable bonds is 6. The minimum Gasteiger partial charge on any atom is -0.481 e. The van der Waals surface area contributed by atoms with Crippen molar-refractivity contribution in [2.75, 3.05) is 6.61 Å². The van der Waals surface area contributed by atoms with Crippen LogP contribution in [0.4, 0.5) is 17.6 Å². The molecule has 0 spiro atoms. The highest BCUT2D eigenvalue weighted by Crippen LogP contribution is 2.27. The molecule has 0 radical (unpaired) electrons. The summed E-state index contributed by atoms with van der Waals surface area (Å²) in [6.07, 6.45) is 1.47. The molecule has 2 aromatic carbocycles. The molecular weight excluding hydrogens is 320 g/mol. The monoisotopic (exact) mass is 338 g/mol. The highest BCUT2D eigenvalue weighted by molar-refractivity contribution is 5.64. The second kappa shape index (κ2) is 7.99. The molecule has 0 amide bonds. The summed E-state index contributed by atoms with van der Waals surface area (Å²) < 4.78 is 54.7. The molecule has 2 aromatic rings. The first-order valence-corrected chi connectivity index (χ1v) is 7.58. The average molecular weight is 338 g/mol. The Morgan fingerprint density at radius 2 is 1.67 bits per heavy atom. The van der Waals surface area contributed by atoms with Gasteiger partial charge in [-0.25, -0.2) is 4.39 Å². The summed E-state index contributed by atoms with van der Waals surface area (Å²) in [5.41, 5.74) is 2.56. The third-order valence-electron chi connectivity index (χ3n) is 3.45. The van der Waals surface area contributed by atoms with Crippen molar-refractivity contribution in [3.05, 3.63) is 66.0 Å². The van der Waals surface area contributed by atoms with Gasteiger partial charge in [0, 0.05) is 0 Å². The molecule has 0 aliphatic heterocycles. The van der Waals surface area contributed by atoms with Gasteiger partial charge in [-0.05, 0) is 48.6 Å². The summed E-state index contributed by atoms with van der Waals surface area (Å²) in [4.78, 5) is 0. The van der Waals surface area contributed by atoms with Gasteiger partial charge in [-0.1, -0.05) is 42.5 Å². The lowest BCUT2D eigenvalue weighted by Crippen LogP contribution is -2.19. The largest absolute Gasteiger partial charge is 0.481 e. The number of halogens is 4. The van der Waals surface area contributed by atoms with Crippen LogP contribution in [-0.4, -0.2) is 12.8 Å². The van der Waals surface area contributed by atoms with E-state index in [1.807, 2.05) is 37.3 Å². The molecule has 24 heavy (non-hydrogen) atoms. The number of hydrogen-bond acceptors (Lipinski definition) is 1. The summed E-state index contributed by atoms with van der Waals surface area (Å²) in [5.74, 6) is -1.21. The molecule has 0 aromatic heterocycles. The van der Waals surface area contributed by atoms with Crippen LogP contribution in [0.5, 0.6) is 5.75 Å². The average Bonchev–Trinajstić information content (AvgIpc) is 2.54. The van der Waals surface area contributed by atoms with Gasteiger partial charge in [-0.2, -0.15) is 13.2 Å². The van der Waals surface area contributed by atoms with E-state index in [0.717, 1.165) is 18.4 Å². The zero-order valence-corrected chi connectivity index (χ0v) is 13.2. The zero-order chi connectivity index (χ0) is 17.6. The number of benzene rings is 2. The van der Waals surface area contributed by atoms with Gasteiger partial charge in [0.05, 0.1) is 0 Å². The Bertz CT molecular complexity index is 688. The van der Waals surface area contributed by atoms with E-state index < -0.39 is 24.3 Å². The van der Waals surface area contributed by atoms with Crippen molar-refractivity contribution in [1.29, 1.82) is 0 Å². The summed E-state index contributed by atoms with van der Waals surface area (Å²) in [5, 5.41) is 0. The van der Waals surface area contributed by atoms with E-state index >= 15 is 0 Å². The van der Waals surface area contributed by atoms with E-state index in [1.165, 1.54) is 17.7 Å². The Morgan fingerprint density at radius 1 is 1.00 bits per heavy atom. The maximum atomic E-state index is 13.9. The lowest BCUT2D eigenvalue weighted by molar-refractivity contribution is -0.153. The summed E-state index contributed by atoms with van der Waals surface area (Å²) in [7, 11) is 0. The first-order valence-electron chi connectivity index (χ1n) is 7.58. The maximum absolute atomic E-state index is 13.9. The van der Waals surface area contributed by atoms with Gasteiger partial charge in [-0.15, -0.1) is 0 Å². The van der Waals surface area contributed by atoms with Crippen LogP contribution in [0.15, 0.2) is 54.6 Å². The van der Waals surface area contributed by atoms with Gasteiger partial charge in [-0.3, -0.25) is 0 Å². The van der Waals surface area contributed by atoms with E-state index in [0.29, 0.717) is 5.56 Å². The Morgan fingerprint density at radius 3 is 2.25 bits per heavy atom. The standard InChI is InChI=1S/C19H18F4O/c1-2-3-4-5-14-6-8-15(9-7-14)16-10-11-18(17(20)12-16)24-13-19(21,22)23/h2-3,6-12H,4-5,13H2,1H3. The van der Waals surface area contributed by atoms with Crippen LogP contribution in [0.25, 0.3) is 11.1 Å². The molecule has 1 nitrogen and oxygen atoms in total. The van der Waals surface area contributed by atoms with Crippen molar-refractivity contribution >= 4 is 0 Å². The van der Waals surface area contributed by atoms with Crippen LogP contribution < -0.4 is 4.74 Å². The quantitative estimate of drug-likeness (QED) is 0.468.